The molecule has 0 saturated carbocycles. The molecule has 34 heavy (non-hydrogen) atoms. The molecule has 1 aliphatic rings. The van der Waals surface area contributed by atoms with Crippen molar-refractivity contribution in [2.24, 2.45) is 16.7 Å². The minimum absolute atomic E-state index is 0.0698. The van der Waals surface area contributed by atoms with Crippen molar-refractivity contribution in [2.45, 2.75) is 100 Å². The molecule has 194 valence electrons. The minimum atomic E-state index is -0.249. The Morgan fingerprint density at radius 3 is 2.44 bits per heavy atom. The summed E-state index contributed by atoms with van der Waals surface area (Å²) in [5, 5.41) is 0. The van der Waals surface area contributed by atoms with Gasteiger partial charge in [-0.05, 0) is 17.8 Å². The second kappa shape index (κ2) is 12.0. The first-order valence-corrected chi connectivity index (χ1v) is 13.7. The molecule has 1 aromatic heterocycles. The number of carbonyl (C=O) groups is 1. The summed E-state index contributed by atoms with van der Waals surface area (Å²) in [6.07, 6.45) is 7.99. The van der Waals surface area contributed by atoms with E-state index in [9.17, 15) is 4.79 Å². The summed E-state index contributed by atoms with van der Waals surface area (Å²) in [7, 11) is 2.20. The lowest BCUT2D eigenvalue weighted by Crippen LogP contribution is -2.61. The number of esters is 1. The third-order valence-electron chi connectivity index (χ3n) is 7.06. The Morgan fingerprint density at radius 2 is 1.82 bits per heavy atom. The highest BCUT2D eigenvalue weighted by atomic mass is 32.1. The van der Waals surface area contributed by atoms with E-state index in [0.717, 1.165) is 37.2 Å². The molecule has 6 nitrogen and oxygen atoms in total. The summed E-state index contributed by atoms with van der Waals surface area (Å²) < 4.78 is 21.9. The monoisotopic (exact) mass is 494 g/mol. The van der Waals surface area contributed by atoms with Gasteiger partial charge in [-0.2, -0.15) is 4.37 Å². The van der Waals surface area contributed by atoms with Crippen molar-refractivity contribution in [1.82, 2.24) is 8.75 Å². The minimum Gasteiger partial charge on any atom is -0.475 e. The van der Waals surface area contributed by atoms with E-state index in [4.69, 9.17) is 9.47 Å². The molecule has 0 spiro atoms. The number of aromatic nitrogens is 2. The molecule has 0 bridgehead atoms. The van der Waals surface area contributed by atoms with Crippen LogP contribution in [0, 0.1) is 16.7 Å². The van der Waals surface area contributed by atoms with E-state index < -0.39 is 0 Å². The lowest BCUT2D eigenvalue weighted by molar-refractivity contribution is -0.954. The number of likely N-dealkylation sites (N-methyl/N-ethyl adjacent to an activating group) is 1. The van der Waals surface area contributed by atoms with Gasteiger partial charge in [0, 0.05) is 18.4 Å². The molecule has 0 fully saturated rings. The summed E-state index contributed by atoms with van der Waals surface area (Å²) in [6, 6.07) is 0. The molecule has 3 unspecified atom stereocenters. The quantitative estimate of drug-likeness (QED) is 0.194. The average molecular weight is 495 g/mol. The van der Waals surface area contributed by atoms with Crippen LogP contribution in [0.5, 0.6) is 5.88 Å². The van der Waals surface area contributed by atoms with E-state index in [1.54, 1.807) is 0 Å². The Morgan fingerprint density at radius 1 is 1.12 bits per heavy atom. The van der Waals surface area contributed by atoms with Crippen LogP contribution in [-0.2, 0) is 9.53 Å². The van der Waals surface area contributed by atoms with Gasteiger partial charge >= 0.3 is 5.97 Å². The first-order valence-electron chi connectivity index (χ1n) is 13.0. The highest BCUT2D eigenvalue weighted by molar-refractivity contribution is 6.99. The van der Waals surface area contributed by atoms with Crippen molar-refractivity contribution in [3.63, 3.8) is 0 Å². The second-order valence-electron chi connectivity index (χ2n) is 12.4. The number of rotatable bonds is 11. The highest BCUT2D eigenvalue weighted by Gasteiger charge is 2.46. The largest absolute Gasteiger partial charge is 0.475 e. The van der Waals surface area contributed by atoms with Gasteiger partial charge in [0.05, 0.1) is 37.3 Å². The molecule has 2 heterocycles. The predicted octanol–water partition coefficient (Wildman–Crippen LogP) is 6.72. The normalized spacial score (nSPS) is 21.0. The lowest BCUT2D eigenvalue weighted by Gasteiger charge is -2.47. The van der Waals surface area contributed by atoms with Crippen LogP contribution < -0.4 is 4.74 Å². The molecule has 2 rings (SSSR count). The standard InChI is InChI=1S/C27H48N3O3S/c1-10-11-12-13-17-32-24-23(28-34-29-24)21-15-14-16-30(9,19-21)25(27(6,7)8)33-22(31)18-20(2)26(3,4)5/h15,20,25H,10-14,16-19H2,1-9H3/q+1. The molecule has 0 radical (unpaired) electrons. The van der Waals surface area contributed by atoms with Crippen LogP contribution in [-0.4, -0.2) is 52.2 Å². The molecular formula is C27H48N3O3S+. The van der Waals surface area contributed by atoms with E-state index in [1.165, 1.54) is 31.0 Å². The SMILES string of the molecule is CCCCCCOc1nsnc1C1=CCC[N+](C)(C(OC(=O)CC(C)C(C)(C)C)C(C)(C)C)C1. The molecule has 0 amide bonds. The molecule has 0 saturated heterocycles. The number of unbranched alkanes of at least 4 members (excludes halogenated alkanes) is 3. The van der Waals surface area contributed by atoms with Crippen molar-refractivity contribution in [3.8, 4) is 5.88 Å². The van der Waals surface area contributed by atoms with Crippen LogP contribution in [0.2, 0.25) is 0 Å². The van der Waals surface area contributed by atoms with Gasteiger partial charge in [-0.3, -0.25) is 9.28 Å². The molecule has 7 heteroatoms. The Bertz CT molecular complexity index is 822. The second-order valence-corrected chi connectivity index (χ2v) is 12.9. The fourth-order valence-electron chi connectivity index (χ4n) is 4.57. The molecule has 0 aromatic carbocycles. The maximum absolute atomic E-state index is 13.0. The van der Waals surface area contributed by atoms with Crippen molar-refractivity contribution in [1.29, 1.82) is 0 Å². The third kappa shape index (κ3) is 8.04. The Kier molecular flexibility index (Phi) is 10.1. The summed E-state index contributed by atoms with van der Waals surface area (Å²) in [5.74, 6) is 0.787. The van der Waals surface area contributed by atoms with E-state index in [1.807, 2.05) is 0 Å². The molecule has 3 atom stereocenters. The summed E-state index contributed by atoms with van der Waals surface area (Å²) >= 11 is 1.20. The topological polar surface area (TPSA) is 61.3 Å². The fourth-order valence-corrected chi connectivity index (χ4v) is 5.11. The van der Waals surface area contributed by atoms with E-state index in [2.05, 4.69) is 77.3 Å². The van der Waals surface area contributed by atoms with Crippen LogP contribution in [0.1, 0.15) is 99.6 Å². The van der Waals surface area contributed by atoms with Crippen LogP contribution in [0.3, 0.4) is 0 Å². The maximum atomic E-state index is 13.0. The van der Waals surface area contributed by atoms with Crippen LogP contribution in [0.4, 0.5) is 0 Å². The van der Waals surface area contributed by atoms with Crippen LogP contribution in [0.15, 0.2) is 6.08 Å². The highest BCUT2D eigenvalue weighted by Crippen LogP contribution is 2.37. The van der Waals surface area contributed by atoms with Crippen LogP contribution in [0.25, 0.3) is 5.57 Å². The third-order valence-corrected chi connectivity index (χ3v) is 7.57. The number of ether oxygens (including phenoxy) is 2. The Labute approximate surface area is 212 Å². The number of quaternary nitrogens is 1. The first kappa shape index (κ1) is 28.8. The zero-order chi connectivity index (χ0) is 25.6. The summed E-state index contributed by atoms with van der Waals surface area (Å²) in [6.45, 7) is 19.7. The van der Waals surface area contributed by atoms with Gasteiger partial charge in [0.25, 0.3) is 5.88 Å². The van der Waals surface area contributed by atoms with Gasteiger partial charge in [-0.1, -0.05) is 80.7 Å². The lowest BCUT2D eigenvalue weighted by atomic mass is 9.80. The van der Waals surface area contributed by atoms with Crippen molar-refractivity contribution < 1.29 is 18.8 Å². The summed E-state index contributed by atoms with van der Waals surface area (Å²) in [5.41, 5.74) is 1.86. The van der Waals surface area contributed by atoms with E-state index in [0.29, 0.717) is 23.4 Å². The van der Waals surface area contributed by atoms with Crippen molar-refractivity contribution >= 4 is 23.3 Å². The van der Waals surface area contributed by atoms with Gasteiger partial charge in [-0.25, -0.2) is 0 Å². The Balaban J connectivity index is 2.15. The van der Waals surface area contributed by atoms with Gasteiger partial charge in [0.15, 0.2) is 0 Å². The maximum Gasteiger partial charge on any atom is 0.310 e. The van der Waals surface area contributed by atoms with Gasteiger partial charge in [0.1, 0.15) is 12.2 Å². The first-order chi connectivity index (χ1) is 15.8. The smallest absolute Gasteiger partial charge is 0.310 e. The molecule has 1 aliphatic heterocycles. The van der Waals surface area contributed by atoms with Gasteiger partial charge < -0.3 is 9.47 Å². The number of nitrogens with zero attached hydrogens (tertiary/aromatic N) is 3. The zero-order valence-electron chi connectivity index (χ0n) is 23.1. The van der Waals surface area contributed by atoms with Crippen molar-refractivity contribution in [3.05, 3.63) is 11.8 Å². The number of hydrogen-bond donors (Lipinski definition) is 0. The van der Waals surface area contributed by atoms with Gasteiger partial charge in [-0.15, -0.1) is 4.37 Å². The average Bonchev–Trinajstić information content (AvgIpc) is 3.19. The number of hydrogen-bond acceptors (Lipinski definition) is 6. The molecular weight excluding hydrogens is 446 g/mol. The van der Waals surface area contributed by atoms with Crippen LogP contribution >= 0.6 is 11.7 Å². The van der Waals surface area contributed by atoms with E-state index >= 15 is 0 Å². The Hall–Kier alpha value is -1.47. The zero-order valence-corrected chi connectivity index (χ0v) is 23.9. The van der Waals surface area contributed by atoms with Gasteiger partial charge in [0.2, 0.25) is 6.23 Å². The molecule has 0 aliphatic carbocycles. The predicted molar refractivity (Wildman–Crippen MR) is 141 cm³/mol. The fraction of sp³-hybridized carbons (Fsp3) is 0.815. The summed E-state index contributed by atoms with van der Waals surface area (Å²) in [4.78, 5) is 13.0. The van der Waals surface area contributed by atoms with Crippen molar-refractivity contribution in [2.75, 3.05) is 26.7 Å². The van der Waals surface area contributed by atoms with E-state index in [-0.39, 0.29) is 28.9 Å². The molecule has 1 aromatic rings. The molecule has 0 N–H and O–H groups in total. The number of carbonyl (C=O) groups excluding carboxylic acids is 1.